The standard InChI is InChI=1S/C23H38N4O/c1-4-24-23(25-14-9-8-10-19(2)3)26-17-21-16-22(28)27(18-21)15-13-20-11-6-5-7-12-20/h5-7,11-12,19,21H,4,8-10,13-18H2,1-3H3,(H2,24,25,26). The molecule has 1 fully saturated rings. The first-order valence-electron chi connectivity index (χ1n) is 10.9. The van der Waals surface area contributed by atoms with E-state index in [0.29, 0.717) is 18.9 Å². The van der Waals surface area contributed by atoms with Gasteiger partial charge in [-0.3, -0.25) is 9.79 Å². The van der Waals surface area contributed by atoms with E-state index in [0.717, 1.165) is 50.9 Å². The first-order valence-corrected chi connectivity index (χ1v) is 10.9. The van der Waals surface area contributed by atoms with Gasteiger partial charge in [0, 0.05) is 45.1 Å². The molecule has 0 bridgehead atoms. The van der Waals surface area contributed by atoms with Crippen LogP contribution in [-0.2, 0) is 11.2 Å². The zero-order valence-electron chi connectivity index (χ0n) is 17.9. The summed E-state index contributed by atoms with van der Waals surface area (Å²) >= 11 is 0. The highest BCUT2D eigenvalue weighted by atomic mass is 16.2. The molecule has 156 valence electrons. The van der Waals surface area contributed by atoms with Crippen LogP contribution in [-0.4, -0.2) is 49.5 Å². The Labute approximate surface area is 171 Å². The van der Waals surface area contributed by atoms with Crippen LogP contribution in [0.5, 0.6) is 0 Å². The third-order valence-corrected chi connectivity index (χ3v) is 5.16. The van der Waals surface area contributed by atoms with Crippen LogP contribution >= 0.6 is 0 Å². The van der Waals surface area contributed by atoms with Crippen molar-refractivity contribution in [1.29, 1.82) is 0 Å². The number of unbranched alkanes of at least 4 members (excludes halogenated alkanes) is 1. The number of nitrogens with zero attached hydrogens (tertiary/aromatic N) is 2. The van der Waals surface area contributed by atoms with Crippen LogP contribution in [0.15, 0.2) is 35.3 Å². The molecule has 0 radical (unpaired) electrons. The van der Waals surface area contributed by atoms with E-state index in [1.807, 2.05) is 11.0 Å². The molecule has 1 saturated heterocycles. The lowest BCUT2D eigenvalue weighted by Crippen LogP contribution is -2.38. The fourth-order valence-electron chi connectivity index (χ4n) is 3.55. The summed E-state index contributed by atoms with van der Waals surface area (Å²) in [5.74, 6) is 2.23. The van der Waals surface area contributed by atoms with Gasteiger partial charge in [0.15, 0.2) is 5.96 Å². The van der Waals surface area contributed by atoms with Crippen molar-refractivity contribution in [3.8, 4) is 0 Å². The van der Waals surface area contributed by atoms with Crippen LogP contribution < -0.4 is 10.6 Å². The van der Waals surface area contributed by atoms with Gasteiger partial charge in [0.2, 0.25) is 5.91 Å². The summed E-state index contributed by atoms with van der Waals surface area (Å²) in [5.41, 5.74) is 1.29. The molecule has 0 saturated carbocycles. The van der Waals surface area contributed by atoms with Gasteiger partial charge < -0.3 is 15.5 Å². The molecule has 2 rings (SSSR count). The molecule has 5 nitrogen and oxygen atoms in total. The number of aliphatic imine (C=N–C) groups is 1. The Bertz CT molecular complexity index is 600. The van der Waals surface area contributed by atoms with Crippen LogP contribution in [0.1, 0.15) is 52.0 Å². The van der Waals surface area contributed by atoms with Gasteiger partial charge in [-0.25, -0.2) is 0 Å². The van der Waals surface area contributed by atoms with E-state index in [1.54, 1.807) is 0 Å². The van der Waals surface area contributed by atoms with Gasteiger partial charge in [0.25, 0.3) is 0 Å². The minimum Gasteiger partial charge on any atom is -0.357 e. The number of benzene rings is 1. The average Bonchev–Trinajstić information content (AvgIpc) is 3.04. The highest BCUT2D eigenvalue weighted by Gasteiger charge is 2.28. The maximum Gasteiger partial charge on any atom is 0.223 e. The zero-order chi connectivity index (χ0) is 20.2. The van der Waals surface area contributed by atoms with E-state index in [1.165, 1.54) is 18.4 Å². The molecule has 0 spiro atoms. The Kier molecular flexibility index (Phi) is 9.87. The number of amides is 1. The van der Waals surface area contributed by atoms with Crippen molar-refractivity contribution in [2.24, 2.45) is 16.8 Å². The molecule has 28 heavy (non-hydrogen) atoms. The summed E-state index contributed by atoms with van der Waals surface area (Å²) in [6, 6.07) is 10.4. The third-order valence-electron chi connectivity index (χ3n) is 5.16. The quantitative estimate of drug-likeness (QED) is 0.348. The van der Waals surface area contributed by atoms with Gasteiger partial charge in [-0.05, 0) is 31.2 Å². The van der Waals surface area contributed by atoms with E-state index < -0.39 is 0 Å². The highest BCUT2D eigenvalue weighted by Crippen LogP contribution is 2.18. The lowest BCUT2D eigenvalue weighted by Gasteiger charge is -2.16. The monoisotopic (exact) mass is 386 g/mol. The van der Waals surface area contributed by atoms with E-state index in [2.05, 4.69) is 55.7 Å². The molecule has 0 aromatic heterocycles. The van der Waals surface area contributed by atoms with Gasteiger partial charge >= 0.3 is 0 Å². The Morgan fingerprint density at radius 3 is 2.71 bits per heavy atom. The van der Waals surface area contributed by atoms with Crippen molar-refractivity contribution >= 4 is 11.9 Å². The molecule has 0 aliphatic carbocycles. The summed E-state index contributed by atoms with van der Waals surface area (Å²) in [6.45, 7) is 10.8. The molecule has 1 heterocycles. The maximum absolute atomic E-state index is 12.3. The first kappa shape index (κ1) is 22.3. The third kappa shape index (κ3) is 8.32. The Hall–Kier alpha value is -2.04. The van der Waals surface area contributed by atoms with Gasteiger partial charge in [0.1, 0.15) is 0 Å². The van der Waals surface area contributed by atoms with E-state index in [4.69, 9.17) is 4.99 Å². The first-order chi connectivity index (χ1) is 13.6. The summed E-state index contributed by atoms with van der Waals surface area (Å²) < 4.78 is 0. The summed E-state index contributed by atoms with van der Waals surface area (Å²) in [5, 5.41) is 6.74. The molecular weight excluding hydrogens is 348 g/mol. The van der Waals surface area contributed by atoms with Crippen LogP contribution in [0.4, 0.5) is 0 Å². The number of rotatable bonds is 11. The Morgan fingerprint density at radius 1 is 1.21 bits per heavy atom. The minimum absolute atomic E-state index is 0.266. The van der Waals surface area contributed by atoms with Crippen molar-refractivity contribution < 1.29 is 4.79 Å². The lowest BCUT2D eigenvalue weighted by molar-refractivity contribution is -0.127. The zero-order valence-corrected chi connectivity index (χ0v) is 17.9. The molecule has 2 N–H and O–H groups in total. The van der Waals surface area contributed by atoms with Crippen molar-refractivity contribution in [3.05, 3.63) is 35.9 Å². The van der Waals surface area contributed by atoms with Gasteiger partial charge in [0.05, 0.1) is 0 Å². The minimum atomic E-state index is 0.266. The number of hydrogen-bond donors (Lipinski definition) is 2. The van der Waals surface area contributed by atoms with Gasteiger partial charge in [-0.2, -0.15) is 0 Å². The predicted molar refractivity (Wildman–Crippen MR) is 118 cm³/mol. The molecule has 1 unspecified atom stereocenters. The smallest absolute Gasteiger partial charge is 0.223 e. The molecular formula is C23H38N4O. The summed E-state index contributed by atoms with van der Waals surface area (Å²) in [6.07, 6.45) is 5.23. The highest BCUT2D eigenvalue weighted by molar-refractivity contribution is 5.80. The molecule has 1 aromatic rings. The molecule has 5 heteroatoms. The van der Waals surface area contributed by atoms with Crippen molar-refractivity contribution in [2.75, 3.05) is 32.7 Å². The van der Waals surface area contributed by atoms with Crippen LogP contribution in [0, 0.1) is 11.8 Å². The largest absolute Gasteiger partial charge is 0.357 e. The van der Waals surface area contributed by atoms with Crippen molar-refractivity contribution in [2.45, 2.75) is 52.9 Å². The normalized spacial score (nSPS) is 17.4. The number of carbonyl (C=O) groups is 1. The topological polar surface area (TPSA) is 56.7 Å². The average molecular weight is 387 g/mol. The maximum atomic E-state index is 12.3. The molecule has 1 atom stereocenters. The van der Waals surface area contributed by atoms with Crippen molar-refractivity contribution in [3.63, 3.8) is 0 Å². The Morgan fingerprint density at radius 2 is 2.00 bits per heavy atom. The summed E-state index contributed by atoms with van der Waals surface area (Å²) in [7, 11) is 0. The van der Waals surface area contributed by atoms with Gasteiger partial charge in [-0.15, -0.1) is 0 Å². The second-order valence-corrected chi connectivity index (χ2v) is 8.18. The SMILES string of the molecule is CCNC(=NCC1CC(=O)N(CCc2ccccc2)C1)NCCCCC(C)C. The number of guanidine groups is 1. The molecule has 1 aliphatic heterocycles. The fraction of sp³-hybridized carbons (Fsp3) is 0.652. The van der Waals surface area contributed by atoms with E-state index >= 15 is 0 Å². The number of carbonyl (C=O) groups excluding carboxylic acids is 1. The van der Waals surface area contributed by atoms with Crippen LogP contribution in [0.3, 0.4) is 0 Å². The second kappa shape index (κ2) is 12.4. The lowest BCUT2D eigenvalue weighted by atomic mass is 10.1. The van der Waals surface area contributed by atoms with Crippen LogP contribution in [0.25, 0.3) is 0 Å². The van der Waals surface area contributed by atoms with Gasteiger partial charge in [-0.1, -0.05) is 57.0 Å². The number of nitrogens with one attached hydrogen (secondary N) is 2. The molecule has 1 aliphatic rings. The number of hydrogen-bond acceptors (Lipinski definition) is 2. The van der Waals surface area contributed by atoms with E-state index in [-0.39, 0.29) is 5.91 Å². The van der Waals surface area contributed by atoms with Crippen molar-refractivity contribution in [1.82, 2.24) is 15.5 Å². The predicted octanol–water partition coefficient (Wildman–Crippen LogP) is 3.46. The molecule has 1 amide bonds. The second-order valence-electron chi connectivity index (χ2n) is 8.18. The Balaban J connectivity index is 1.73. The number of likely N-dealkylation sites (tertiary alicyclic amines) is 1. The molecule has 1 aromatic carbocycles. The fourth-order valence-corrected chi connectivity index (χ4v) is 3.55. The summed E-state index contributed by atoms with van der Waals surface area (Å²) in [4.78, 5) is 19.1. The van der Waals surface area contributed by atoms with E-state index in [9.17, 15) is 4.79 Å². The van der Waals surface area contributed by atoms with Crippen LogP contribution in [0.2, 0.25) is 0 Å².